The number of piperidine rings is 1. The van der Waals surface area contributed by atoms with Gasteiger partial charge in [0.25, 0.3) is 5.56 Å². The van der Waals surface area contributed by atoms with Gasteiger partial charge in [0.2, 0.25) is 0 Å². The van der Waals surface area contributed by atoms with E-state index in [1.54, 1.807) is 0 Å². The van der Waals surface area contributed by atoms with Crippen LogP contribution < -0.4 is 5.56 Å². The molecular weight excluding hydrogens is 274 g/mol. The molecule has 0 spiro atoms. The second-order valence-electron chi connectivity index (χ2n) is 6.15. The third kappa shape index (κ3) is 3.12. The van der Waals surface area contributed by atoms with Crippen molar-refractivity contribution in [1.29, 1.82) is 0 Å². The molecule has 1 saturated heterocycles. The van der Waals surface area contributed by atoms with Crippen LogP contribution in [0.2, 0.25) is 0 Å². The average molecular weight is 297 g/mol. The fourth-order valence-electron chi connectivity index (χ4n) is 3.18. The van der Waals surface area contributed by atoms with E-state index in [2.05, 4.69) is 34.2 Å². The van der Waals surface area contributed by atoms with Crippen LogP contribution in [-0.2, 0) is 0 Å². The zero-order chi connectivity index (χ0) is 15.5. The van der Waals surface area contributed by atoms with Gasteiger partial charge < -0.3 is 0 Å². The number of hydrogen-bond donors (Lipinski definition) is 1. The lowest BCUT2D eigenvalue weighted by molar-refractivity contribution is 0.175. The summed E-state index contributed by atoms with van der Waals surface area (Å²) >= 11 is 0. The van der Waals surface area contributed by atoms with Gasteiger partial charge in [0.15, 0.2) is 0 Å². The number of H-pyrrole nitrogens is 1. The minimum atomic E-state index is -0.137. The van der Waals surface area contributed by atoms with E-state index in [0.29, 0.717) is 11.6 Å². The molecule has 2 aromatic rings. The summed E-state index contributed by atoms with van der Waals surface area (Å²) in [4.78, 5) is 14.5. The van der Waals surface area contributed by atoms with Gasteiger partial charge in [-0.15, -0.1) is 0 Å². The molecular formula is C18H23N3O. The molecule has 1 aromatic heterocycles. The average Bonchev–Trinajstić information content (AvgIpc) is 2.57. The molecule has 0 unspecified atom stereocenters. The molecule has 1 aliphatic heterocycles. The Balaban J connectivity index is 1.83. The molecule has 4 nitrogen and oxygen atoms in total. The second kappa shape index (κ2) is 6.44. The normalized spacial score (nSPS) is 17.4. The van der Waals surface area contributed by atoms with Gasteiger partial charge in [-0.1, -0.05) is 30.7 Å². The SMILES string of the molecule is Cc1cc(-c2ccc([C@H](C)N3CCCCC3)cc2)c(=O)[nH]n1. The highest BCUT2D eigenvalue weighted by Crippen LogP contribution is 2.26. The van der Waals surface area contributed by atoms with E-state index in [9.17, 15) is 4.79 Å². The first-order valence-electron chi connectivity index (χ1n) is 8.06. The molecule has 1 aromatic carbocycles. The van der Waals surface area contributed by atoms with E-state index in [1.807, 2.05) is 25.1 Å². The zero-order valence-electron chi connectivity index (χ0n) is 13.3. The summed E-state index contributed by atoms with van der Waals surface area (Å²) in [6.07, 6.45) is 3.95. The second-order valence-corrected chi connectivity index (χ2v) is 6.15. The summed E-state index contributed by atoms with van der Waals surface area (Å²) in [6, 6.07) is 10.6. The van der Waals surface area contributed by atoms with Crippen molar-refractivity contribution in [3.63, 3.8) is 0 Å². The van der Waals surface area contributed by atoms with Crippen LogP contribution in [0.3, 0.4) is 0 Å². The fraction of sp³-hybridized carbons (Fsp3) is 0.444. The summed E-state index contributed by atoms with van der Waals surface area (Å²) < 4.78 is 0. The monoisotopic (exact) mass is 297 g/mol. The van der Waals surface area contributed by atoms with Crippen molar-refractivity contribution in [3.8, 4) is 11.1 Å². The Morgan fingerprint density at radius 1 is 1.14 bits per heavy atom. The maximum atomic E-state index is 11.9. The van der Waals surface area contributed by atoms with Gasteiger partial charge >= 0.3 is 0 Å². The van der Waals surface area contributed by atoms with Crippen LogP contribution in [0, 0.1) is 6.92 Å². The van der Waals surface area contributed by atoms with E-state index in [4.69, 9.17) is 0 Å². The molecule has 0 aliphatic carbocycles. The highest BCUT2D eigenvalue weighted by atomic mass is 16.1. The van der Waals surface area contributed by atoms with Gasteiger partial charge in [0, 0.05) is 6.04 Å². The molecule has 0 saturated carbocycles. The van der Waals surface area contributed by atoms with Gasteiger partial charge in [-0.25, -0.2) is 5.10 Å². The molecule has 4 heteroatoms. The number of rotatable bonds is 3. The first kappa shape index (κ1) is 15.0. The Morgan fingerprint density at radius 2 is 1.82 bits per heavy atom. The first-order chi connectivity index (χ1) is 10.6. The standard InChI is InChI=1S/C18H23N3O/c1-13-12-17(18(22)20-19-13)16-8-6-15(7-9-16)14(2)21-10-4-3-5-11-21/h6-9,12,14H,3-5,10-11H2,1-2H3,(H,20,22)/t14-/m0/s1. The van der Waals surface area contributed by atoms with Gasteiger partial charge in [-0.05, 0) is 57.0 Å². The number of nitrogens with zero attached hydrogens (tertiary/aromatic N) is 2. The van der Waals surface area contributed by atoms with Crippen LogP contribution in [-0.4, -0.2) is 28.2 Å². The van der Waals surface area contributed by atoms with Crippen molar-refractivity contribution in [2.75, 3.05) is 13.1 Å². The fourth-order valence-corrected chi connectivity index (χ4v) is 3.18. The van der Waals surface area contributed by atoms with Crippen molar-refractivity contribution in [3.05, 3.63) is 51.9 Å². The maximum absolute atomic E-state index is 11.9. The number of nitrogens with one attached hydrogen (secondary N) is 1. The molecule has 1 atom stereocenters. The van der Waals surface area contributed by atoms with E-state index in [1.165, 1.54) is 37.9 Å². The Hall–Kier alpha value is -1.94. The van der Waals surface area contributed by atoms with Gasteiger partial charge in [-0.3, -0.25) is 9.69 Å². The predicted octanol–water partition coefficient (Wildman–Crippen LogP) is 3.29. The lowest BCUT2D eigenvalue weighted by Gasteiger charge is -2.32. The van der Waals surface area contributed by atoms with E-state index < -0.39 is 0 Å². The number of aromatic nitrogens is 2. The molecule has 1 N–H and O–H groups in total. The smallest absolute Gasteiger partial charge is 0.272 e. The number of hydrogen-bond acceptors (Lipinski definition) is 3. The predicted molar refractivity (Wildman–Crippen MR) is 88.9 cm³/mol. The van der Waals surface area contributed by atoms with Crippen molar-refractivity contribution < 1.29 is 0 Å². The number of benzene rings is 1. The van der Waals surface area contributed by atoms with Crippen molar-refractivity contribution in [1.82, 2.24) is 15.1 Å². The van der Waals surface area contributed by atoms with Crippen molar-refractivity contribution in [2.45, 2.75) is 39.2 Å². The Morgan fingerprint density at radius 3 is 2.50 bits per heavy atom. The minimum absolute atomic E-state index is 0.137. The lowest BCUT2D eigenvalue weighted by Crippen LogP contribution is -2.32. The highest BCUT2D eigenvalue weighted by molar-refractivity contribution is 5.62. The van der Waals surface area contributed by atoms with Gasteiger partial charge in [-0.2, -0.15) is 5.10 Å². The summed E-state index contributed by atoms with van der Waals surface area (Å²) in [5.41, 5.74) is 3.63. The van der Waals surface area contributed by atoms with Crippen molar-refractivity contribution >= 4 is 0 Å². The number of aryl methyl sites for hydroxylation is 1. The molecule has 1 fully saturated rings. The Labute approximate surface area is 131 Å². The molecule has 0 radical (unpaired) electrons. The molecule has 116 valence electrons. The third-order valence-corrected chi connectivity index (χ3v) is 4.57. The zero-order valence-corrected chi connectivity index (χ0v) is 13.3. The van der Waals surface area contributed by atoms with Gasteiger partial charge in [0.05, 0.1) is 11.3 Å². The molecule has 0 bridgehead atoms. The summed E-state index contributed by atoms with van der Waals surface area (Å²) in [6.45, 7) is 6.52. The number of aromatic amines is 1. The largest absolute Gasteiger partial charge is 0.297 e. The third-order valence-electron chi connectivity index (χ3n) is 4.57. The molecule has 1 aliphatic rings. The van der Waals surface area contributed by atoms with Crippen LogP contribution >= 0.6 is 0 Å². The minimum Gasteiger partial charge on any atom is -0.297 e. The van der Waals surface area contributed by atoms with E-state index >= 15 is 0 Å². The van der Waals surface area contributed by atoms with E-state index in [0.717, 1.165) is 11.3 Å². The van der Waals surface area contributed by atoms with Crippen LogP contribution in [0.15, 0.2) is 35.1 Å². The molecule has 22 heavy (non-hydrogen) atoms. The quantitative estimate of drug-likeness (QED) is 0.945. The van der Waals surface area contributed by atoms with Crippen LogP contribution in [0.5, 0.6) is 0 Å². The maximum Gasteiger partial charge on any atom is 0.272 e. The number of likely N-dealkylation sites (tertiary alicyclic amines) is 1. The first-order valence-corrected chi connectivity index (χ1v) is 8.06. The summed E-state index contributed by atoms with van der Waals surface area (Å²) in [5.74, 6) is 0. The van der Waals surface area contributed by atoms with Crippen LogP contribution in [0.4, 0.5) is 0 Å². The van der Waals surface area contributed by atoms with E-state index in [-0.39, 0.29) is 5.56 Å². The Kier molecular flexibility index (Phi) is 4.39. The van der Waals surface area contributed by atoms with Crippen molar-refractivity contribution in [2.24, 2.45) is 0 Å². The topological polar surface area (TPSA) is 49.0 Å². The molecule has 2 heterocycles. The van der Waals surface area contributed by atoms with Gasteiger partial charge in [0.1, 0.15) is 0 Å². The molecule has 3 rings (SSSR count). The summed E-state index contributed by atoms with van der Waals surface area (Å²) in [7, 11) is 0. The van der Waals surface area contributed by atoms with Crippen LogP contribution in [0.1, 0.15) is 43.5 Å². The molecule has 0 amide bonds. The lowest BCUT2D eigenvalue weighted by atomic mass is 10.00. The van der Waals surface area contributed by atoms with Crippen LogP contribution in [0.25, 0.3) is 11.1 Å². The Bertz CT molecular complexity index is 684. The highest BCUT2D eigenvalue weighted by Gasteiger charge is 2.18. The summed E-state index contributed by atoms with van der Waals surface area (Å²) in [5, 5.41) is 6.47.